The van der Waals surface area contributed by atoms with E-state index >= 15 is 0 Å². The molecule has 0 aliphatic carbocycles. The molecule has 1 saturated heterocycles. The average molecular weight is 417 g/mol. The van der Waals surface area contributed by atoms with E-state index in [1.165, 1.54) is 17.9 Å². The number of likely N-dealkylation sites (tertiary alicyclic amines) is 1. The van der Waals surface area contributed by atoms with Crippen LogP contribution in [0.4, 0.5) is 13.2 Å². The quantitative estimate of drug-likeness (QED) is 0.456. The number of hydrogen-bond acceptors (Lipinski definition) is 2. The smallest absolute Gasteiger partial charge is 0.352 e. The molecule has 2 heterocycles. The maximum Gasteiger partial charge on any atom is 0.435 e. The van der Waals surface area contributed by atoms with Gasteiger partial charge in [-0.25, -0.2) is 0 Å². The highest BCUT2D eigenvalue weighted by molar-refractivity contribution is 14.0. The van der Waals surface area contributed by atoms with Crippen molar-refractivity contribution in [2.24, 2.45) is 12.0 Å². The maximum absolute atomic E-state index is 12.8. The molecule has 0 saturated carbocycles. The van der Waals surface area contributed by atoms with Crippen molar-refractivity contribution in [3.8, 4) is 0 Å². The summed E-state index contributed by atoms with van der Waals surface area (Å²) in [5.41, 5.74) is -0.718. The van der Waals surface area contributed by atoms with Crippen molar-refractivity contribution in [3.05, 3.63) is 17.5 Å². The van der Waals surface area contributed by atoms with Crippen molar-refractivity contribution in [1.82, 2.24) is 20.0 Å². The molecule has 1 fully saturated rings. The molecule has 0 atom stereocenters. The maximum atomic E-state index is 12.8. The van der Waals surface area contributed by atoms with Gasteiger partial charge in [0.05, 0.1) is 0 Å². The minimum absolute atomic E-state index is 0. The third-order valence-electron chi connectivity index (χ3n) is 3.23. The molecule has 0 aromatic carbocycles. The molecule has 21 heavy (non-hydrogen) atoms. The summed E-state index contributed by atoms with van der Waals surface area (Å²) < 4.78 is 39.7. The molecule has 0 radical (unpaired) electrons. The van der Waals surface area contributed by atoms with Crippen LogP contribution in [0.3, 0.4) is 0 Å². The monoisotopic (exact) mass is 417 g/mol. The number of halogens is 4. The van der Waals surface area contributed by atoms with Crippen LogP contribution in [-0.2, 0) is 19.8 Å². The number of hydrogen-bond donors (Lipinski definition) is 1. The van der Waals surface area contributed by atoms with Crippen molar-refractivity contribution >= 4 is 29.9 Å². The molecule has 1 aromatic heterocycles. The van der Waals surface area contributed by atoms with Crippen LogP contribution in [0.25, 0.3) is 0 Å². The fourth-order valence-electron chi connectivity index (χ4n) is 2.34. The Morgan fingerprint density at radius 2 is 2.00 bits per heavy atom. The van der Waals surface area contributed by atoms with Gasteiger partial charge in [0.25, 0.3) is 0 Å². The van der Waals surface area contributed by atoms with Crippen LogP contribution in [0.5, 0.6) is 0 Å². The Balaban J connectivity index is 0.00000220. The fraction of sp³-hybridized carbons (Fsp3) is 0.667. The van der Waals surface area contributed by atoms with Crippen LogP contribution in [-0.4, -0.2) is 40.8 Å². The molecule has 1 aliphatic rings. The van der Waals surface area contributed by atoms with Gasteiger partial charge >= 0.3 is 6.18 Å². The number of nitrogens with one attached hydrogen (secondary N) is 1. The topological polar surface area (TPSA) is 45.5 Å². The molecule has 0 bridgehead atoms. The van der Waals surface area contributed by atoms with E-state index in [2.05, 4.69) is 15.4 Å². The number of aryl methyl sites for hydroxylation is 1. The first kappa shape index (κ1) is 18.1. The van der Waals surface area contributed by atoms with E-state index in [0.29, 0.717) is 5.96 Å². The largest absolute Gasteiger partial charge is 0.435 e. The highest BCUT2D eigenvalue weighted by atomic mass is 127. The van der Waals surface area contributed by atoms with Gasteiger partial charge in [-0.2, -0.15) is 18.3 Å². The third kappa shape index (κ3) is 4.48. The molecule has 0 amide bonds. The first-order chi connectivity index (χ1) is 9.41. The van der Waals surface area contributed by atoms with Crippen LogP contribution in [0.2, 0.25) is 0 Å². The Morgan fingerprint density at radius 1 is 1.38 bits per heavy atom. The van der Waals surface area contributed by atoms with Gasteiger partial charge in [-0.05, 0) is 12.8 Å². The van der Waals surface area contributed by atoms with Gasteiger partial charge in [-0.3, -0.25) is 9.67 Å². The Morgan fingerprint density at radius 3 is 2.52 bits per heavy atom. The van der Waals surface area contributed by atoms with Gasteiger partial charge in [0.15, 0.2) is 11.7 Å². The normalized spacial score (nSPS) is 16.0. The van der Waals surface area contributed by atoms with Crippen molar-refractivity contribution in [2.75, 3.05) is 20.1 Å². The predicted octanol–water partition coefficient (Wildman–Crippen LogP) is 2.23. The van der Waals surface area contributed by atoms with E-state index in [1.807, 2.05) is 4.90 Å². The highest BCUT2D eigenvalue weighted by Crippen LogP contribution is 2.30. The summed E-state index contributed by atoms with van der Waals surface area (Å²) in [4.78, 5) is 6.15. The van der Waals surface area contributed by atoms with E-state index in [0.717, 1.165) is 25.9 Å². The second-order valence-corrected chi connectivity index (χ2v) is 4.77. The van der Waals surface area contributed by atoms with E-state index in [9.17, 15) is 13.2 Å². The molecule has 9 heteroatoms. The third-order valence-corrected chi connectivity index (χ3v) is 3.23. The van der Waals surface area contributed by atoms with Crippen LogP contribution in [0.1, 0.15) is 24.1 Å². The Labute approximate surface area is 138 Å². The lowest BCUT2D eigenvalue weighted by molar-refractivity contribution is -0.142. The van der Waals surface area contributed by atoms with E-state index in [1.54, 1.807) is 7.05 Å². The zero-order chi connectivity index (χ0) is 14.8. The Hall–Kier alpha value is -1.00. The molecular weight excluding hydrogens is 398 g/mol. The van der Waals surface area contributed by atoms with Crippen molar-refractivity contribution in [1.29, 1.82) is 0 Å². The summed E-state index contributed by atoms with van der Waals surface area (Å²) >= 11 is 0. The molecule has 1 aliphatic heterocycles. The van der Waals surface area contributed by atoms with Gasteiger partial charge in [0.1, 0.15) is 0 Å². The van der Waals surface area contributed by atoms with Crippen LogP contribution in [0, 0.1) is 0 Å². The van der Waals surface area contributed by atoms with Crippen LogP contribution >= 0.6 is 24.0 Å². The standard InChI is InChI=1S/C12H18F3N5.HI/c1-16-11(20-5-3-4-6-20)17-7-9-8-19(2)18-10(9)12(13,14)15;/h8H,3-7H2,1-2H3,(H,16,17);1H. The number of nitrogens with zero attached hydrogens (tertiary/aromatic N) is 4. The lowest BCUT2D eigenvalue weighted by Crippen LogP contribution is -2.39. The molecular formula is C12H19F3IN5. The number of guanidine groups is 1. The SMILES string of the molecule is CN=C(NCc1cn(C)nc1C(F)(F)F)N1CCCC1.I. The summed E-state index contributed by atoms with van der Waals surface area (Å²) in [6, 6.07) is 0. The van der Waals surface area contributed by atoms with Gasteiger partial charge < -0.3 is 10.2 Å². The Bertz CT molecular complexity index is 492. The number of rotatable bonds is 2. The van der Waals surface area contributed by atoms with Crippen molar-refractivity contribution < 1.29 is 13.2 Å². The minimum atomic E-state index is -4.44. The van der Waals surface area contributed by atoms with Crippen molar-refractivity contribution in [3.63, 3.8) is 0 Å². The minimum Gasteiger partial charge on any atom is -0.352 e. The summed E-state index contributed by atoms with van der Waals surface area (Å²) in [6.07, 6.45) is -0.884. The number of aromatic nitrogens is 2. The molecule has 0 spiro atoms. The predicted molar refractivity (Wildman–Crippen MR) is 84.6 cm³/mol. The van der Waals surface area contributed by atoms with E-state index < -0.39 is 11.9 Å². The molecule has 0 unspecified atom stereocenters. The first-order valence-electron chi connectivity index (χ1n) is 6.47. The van der Waals surface area contributed by atoms with E-state index in [4.69, 9.17) is 0 Å². The number of alkyl halides is 3. The second-order valence-electron chi connectivity index (χ2n) is 4.77. The van der Waals surface area contributed by atoms with Crippen molar-refractivity contribution in [2.45, 2.75) is 25.6 Å². The fourth-order valence-corrected chi connectivity index (χ4v) is 2.34. The second kappa shape index (κ2) is 7.32. The zero-order valence-corrected chi connectivity index (χ0v) is 14.3. The molecule has 120 valence electrons. The van der Waals surface area contributed by atoms with Crippen LogP contribution < -0.4 is 5.32 Å². The van der Waals surface area contributed by atoms with Gasteiger partial charge in [0, 0.05) is 45.5 Å². The highest BCUT2D eigenvalue weighted by Gasteiger charge is 2.36. The average Bonchev–Trinajstić information content (AvgIpc) is 2.99. The van der Waals surface area contributed by atoms with Gasteiger partial charge in [-0.15, -0.1) is 24.0 Å². The molecule has 5 nitrogen and oxygen atoms in total. The first-order valence-corrected chi connectivity index (χ1v) is 6.47. The van der Waals surface area contributed by atoms with Crippen LogP contribution in [0.15, 0.2) is 11.2 Å². The summed E-state index contributed by atoms with van der Waals surface area (Å²) in [6.45, 7) is 1.84. The molecule has 2 rings (SSSR count). The van der Waals surface area contributed by atoms with Gasteiger partial charge in [-0.1, -0.05) is 0 Å². The Kier molecular flexibility index (Phi) is 6.29. The summed E-state index contributed by atoms with van der Waals surface area (Å²) in [7, 11) is 3.11. The number of aliphatic imine (C=N–C) groups is 1. The summed E-state index contributed by atoms with van der Waals surface area (Å²) in [5, 5.41) is 6.46. The zero-order valence-electron chi connectivity index (χ0n) is 11.9. The molecule has 1 aromatic rings. The molecule has 1 N–H and O–H groups in total. The van der Waals surface area contributed by atoms with Gasteiger partial charge in [0.2, 0.25) is 0 Å². The van der Waals surface area contributed by atoms with E-state index in [-0.39, 0.29) is 36.1 Å². The lowest BCUT2D eigenvalue weighted by atomic mass is 10.2. The summed E-state index contributed by atoms with van der Waals surface area (Å²) in [5.74, 6) is 0.638. The lowest BCUT2D eigenvalue weighted by Gasteiger charge is -2.20.